The van der Waals surface area contributed by atoms with Crippen molar-refractivity contribution in [3.05, 3.63) is 22.6 Å². The number of aromatic nitrogens is 3. The Morgan fingerprint density at radius 2 is 2.31 bits per heavy atom. The lowest BCUT2D eigenvalue weighted by molar-refractivity contribution is 0.0964. The molecule has 84 valence electrons. The second kappa shape index (κ2) is 4.33. The van der Waals surface area contributed by atoms with Crippen molar-refractivity contribution < 1.29 is 4.79 Å². The van der Waals surface area contributed by atoms with Crippen LogP contribution in [0, 0.1) is 5.92 Å². The number of Topliss-reactive ketones (excluding diaryl/α,β-unsaturated/α-hetero) is 1. The van der Waals surface area contributed by atoms with Crippen LogP contribution >= 0.6 is 15.9 Å². The standard InChI is InChI=1S/C11H12BrN3O/c1-6(2)3-9(16)7-4-8-11(15-7)13-5-10(12)14-8/h4-6H,3H2,1-2H3,(H,13,15). The van der Waals surface area contributed by atoms with Crippen LogP contribution in [0.3, 0.4) is 0 Å². The lowest BCUT2D eigenvalue weighted by Gasteiger charge is -2.00. The highest BCUT2D eigenvalue weighted by Gasteiger charge is 2.12. The lowest BCUT2D eigenvalue weighted by Crippen LogP contribution is -2.03. The van der Waals surface area contributed by atoms with Crippen LogP contribution in [0.25, 0.3) is 11.2 Å². The summed E-state index contributed by atoms with van der Waals surface area (Å²) in [5, 5.41) is 0. The number of carbonyl (C=O) groups excluding carboxylic acids is 1. The Morgan fingerprint density at radius 3 is 3.00 bits per heavy atom. The molecule has 1 N–H and O–H groups in total. The van der Waals surface area contributed by atoms with E-state index in [-0.39, 0.29) is 5.78 Å². The first kappa shape index (κ1) is 11.3. The highest BCUT2D eigenvalue weighted by molar-refractivity contribution is 9.10. The molecule has 2 rings (SSSR count). The Kier molecular flexibility index (Phi) is 3.05. The van der Waals surface area contributed by atoms with Gasteiger partial charge in [-0.2, -0.15) is 0 Å². The number of aromatic amines is 1. The van der Waals surface area contributed by atoms with Gasteiger partial charge in [0.1, 0.15) is 10.1 Å². The normalized spacial score (nSPS) is 11.2. The van der Waals surface area contributed by atoms with Crippen LogP contribution in [0.1, 0.15) is 30.8 Å². The summed E-state index contributed by atoms with van der Waals surface area (Å²) in [6.07, 6.45) is 2.14. The number of halogens is 1. The maximum Gasteiger partial charge on any atom is 0.179 e. The first-order valence-electron chi connectivity index (χ1n) is 5.10. The fraction of sp³-hybridized carbons (Fsp3) is 0.364. The summed E-state index contributed by atoms with van der Waals surface area (Å²) in [7, 11) is 0. The monoisotopic (exact) mass is 281 g/mol. The molecule has 0 saturated heterocycles. The van der Waals surface area contributed by atoms with Crippen LogP contribution in [-0.4, -0.2) is 20.7 Å². The molecule has 4 nitrogen and oxygen atoms in total. The molecule has 0 atom stereocenters. The van der Waals surface area contributed by atoms with Gasteiger partial charge in [-0.05, 0) is 27.9 Å². The molecular weight excluding hydrogens is 270 g/mol. The van der Waals surface area contributed by atoms with Gasteiger partial charge in [0, 0.05) is 6.42 Å². The van der Waals surface area contributed by atoms with Crippen molar-refractivity contribution in [2.24, 2.45) is 5.92 Å². The molecular formula is C11H12BrN3O. The van der Waals surface area contributed by atoms with Crippen molar-refractivity contribution in [1.82, 2.24) is 15.0 Å². The number of ketones is 1. The van der Waals surface area contributed by atoms with E-state index in [0.717, 1.165) is 0 Å². The number of H-pyrrole nitrogens is 1. The zero-order chi connectivity index (χ0) is 11.7. The Bertz CT molecular complexity index is 533. The fourth-order valence-electron chi connectivity index (χ4n) is 1.51. The van der Waals surface area contributed by atoms with Gasteiger partial charge in [-0.3, -0.25) is 4.79 Å². The number of nitrogens with zero attached hydrogens (tertiary/aromatic N) is 2. The summed E-state index contributed by atoms with van der Waals surface area (Å²) in [6, 6.07) is 1.75. The summed E-state index contributed by atoms with van der Waals surface area (Å²) in [5.74, 6) is 0.456. The van der Waals surface area contributed by atoms with Gasteiger partial charge in [0.05, 0.1) is 11.9 Å². The molecule has 0 amide bonds. The van der Waals surface area contributed by atoms with Gasteiger partial charge in [-0.1, -0.05) is 13.8 Å². The number of fused-ring (bicyclic) bond motifs is 1. The third kappa shape index (κ3) is 2.29. The van der Waals surface area contributed by atoms with Crippen molar-refractivity contribution in [3.8, 4) is 0 Å². The third-order valence-corrected chi connectivity index (χ3v) is 2.58. The number of hydrogen-bond acceptors (Lipinski definition) is 3. The van der Waals surface area contributed by atoms with Crippen molar-refractivity contribution in [2.75, 3.05) is 0 Å². The second-order valence-corrected chi connectivity index (χ2v) is 4.94. The summed E-state index contributed by atoms with van der Waals surface area (Å²) in [5.41, 5.74) is 1.94. The molecule has 0 radical (unpaired) electrons. The molecule has 0 aliphatic rings. The van der Waals surface area contributed by atoms with E-state index >= 15 is 0 Å². The highest BCUT2D eigenvalue weighted by Crippen LogP contribution is 2.16. The van der Waals surface area contributed by atoms with E-state index in [1.54, 1.807) is 12.3 Å². The molecule has 2 aromatic rings. The van der Waals surface area contributed by atoms with Crippen molar-refractivity contribution in [3.63, 3.8) is 0 Å². The molecule has 2 heterocycles. The van der Waals surface area contributed by atoms with Crippen LogP contribution < -0.4 is 0 Å². The zero-order valence-corrected chi connectivity index (χ0v) is 10.7. The summed E-state index contributed by atoms with van der Waals surface area (Å²) in [4.78, 5) is 23.2. The van der Waals surface area contributed by atoms with Gasteiger partial charge in [-0.15, -0.1) is 0 Å². The molecule has 2 aromatic heterocycles. The van der Waals surface area contributed by atoms with Gasteiger partial charge in [0.15, 0.2) is 11.4 Å². The SMILES string of the molecule is CC(C)CC(=O)c1cc2nc(Br)cnc2[nH]1. The van der Waals surface area contributed by atoms with E-state index in [2.05, 4.69) is 30.9 Å². The Morgan fingerprint density at radius 1 is 1.56 bits per heavy atom. The molecule has 0 aliphatic heterocycles. The van der Waals surface area contributed by atoms with Crippen LogP contribution in [0.4, 0.5) is 0 Å². The van der Waals surface area contributed by atoms with Gasteiger partial charge in [0.25, 0.3) is 0 Å². The molecule has 5 heteroatoms. The fourth-order valence-corrected chi connectivity index (χ4v) is 1.80. The predicted molar refractivity (Wildman–Crippen MR) is 65.4 cm³/mol. The van der Waals surface area contributed by atoms with Crippen LogP contribution in [0.5, 0.6) is 0 Å². The van der Waals surface area contributed by atoms with Crippen molar-refractivity contribution in [2.45, 2.75) is 20.3 Å². The quantitative estimate of drug-likeness (QED) is 0.880. The molecule has 16 heavy (non-hydrogen) atoms. The van der Waals surface area contributed by atoms with E-state index in [1.165, 1.54) is 0 Å². The van der Waals surface area contributed by atoms with Crippen molar-refractivity contribution >= 4 is 32.9 Å². The number of hydrogen-bond donors (Lipinski definition) is 1. The van der Waals surface area contributed by atoms with E-state index in [4.69, 9.17) is 0 Å². The molecule has 0 aromatic carbocycles. The molecule has 0 saturated carbocycles. The lowest BCUT2D eigenvalue weighted by atomic mass is 10.1. The maximum absolute atomic E-state index is 11.8. The van der Waals surface area contributed by atoms with Gasteiger partial charge < -0.3 is 4.98 Å². The van der Waals surface area contributed by atoms with Crippen LogP contribution in [-0.2, 0) is 0 Å². The maximum atomic E-state index is 11.8. The average molecular weight is 282 g/mol. The van der Waals surface area contributed by atoms with Crippen LogP contribution in [0.15, 0.2) is 16.9 Å². The van der Waals surface area contributed by atoms with E-state index in [9.17, 15) is 4.79 Å². The molecule has 0 unspecified atom stereocenters. The highest BCUT2D eigenvalue weighted by atomic mass is 79.9. The van der Waals surface area contributed by atoms with E-state index in [1.807, 2.05) is 13.8 Å². The molecule has 0 bridgehead atoms. The first-order chi connectivity index (χ1) is 7.56. The number of rotatable bonds is 3. The van der Waals surface area contributed by atoms with Gasteiger partial charge in [-0.25, -0.2) is 9.97 Å². The zero-order valence-electron chi connectivity index (χ0n) is 9.12. The first-order valence-corrected chi connectivity index (χ1v) is 5.90. The molecule has 0 spiro atoms. The van der Waals surface area contributed by atoms with Crippen molar-refractivity contribution in [1.29, 1.82) is 0 Å². The van der Waals surface area contributed by atoms with Crippen LogP contribution in [0.2, 0.25) is 0 Å². The van der Waals surface area contributed by atoms with E-state index in [0.29, 0.717) is 33.8 Å². The minimum Gasteiger partial charge on any atom is -0.335 e. The number of carbonyl (C=O) groups is 1. The minimum absolute atomic E-state index is 0.103. The van der Waals surface area contributed by atoms with Gasteiger partial charge >= 0.3 is 0 Å². The minimum atomic E-state index is 0.103. The largest absolute Gasteiger partial charge is 0.335 e. The summed E-state index contributed by atoms with van der Waals surface area (Å²) in [6.45, 7) is 4.04. The Labute approximate surface area is 102 Å². The summed E-state index contributed by atoms with van der Waals surface area (Å²) >= 11 is 3.25. The topological polar surface area (TPSA) is 58.6 Å². The Hall–Kier alpha value is -1.23. The third-order valence-electron chi connectivity index (χ3n) is 2.20. The average Bonchev–Trinajstić information content (AvgIpc) is 2.59. The smallest absolute Gasteiger partial charge is 0.179 e. The Balaban J connectivity index is 2.36. The number of nitrogens with one attached hydrogen (secondary N) is 1. The van der Waals surface area contributed by atoms with Gasteiger partial charge in [0.2, 0.25) is 0 Å². The summed E-state index contributed by atoms with van der Waals surface area (Å²) < 4.78 is 0.668. The second-order valence-electron chi connectivity index (χ2n) is 4.13. The molecule has 0 aliphatic carbocycles. The van der Waals surface area contributed by atoms with E-state index < -0.39 is 0 Å². The predicted octanol–water partition coefficient (Wildman–Crippen LogP) is 2.95. The molecule has 0 fully saturated rings.